The van der Waals surface area contributed by atoms with Crippen molar-refractivity contribution >= 4 is 5.95 Å². The second-order valence-corrected chi connectivity index (χ2v) is 7.43. The van der Waals surface area contributed by atoms with Crippen LogP contribution in [-0.2, 0) is 6.54 Å². The van der Waals surface area contributed by atoms with Crippen LogP contribution in [0.2, 0.25) is 0 Å². The molecule has 1 N–H and O–H groups in total. The van der Waals surface area contributed by atoms with Gasteiger partial charge in [-0.15, -0.1) is 0 Å². The molecule has 1 aromatic carbocycles. The van der Waals surface area contributed by atoms with Crippen LogP contribution in [0.15, 0.2) is 36.7 Å². The third-order valence-electron chi connectivity index (χ3n) is 5.45. The Bertz CT molecular complexity index is 744. The van der Waals surface area contributed by atoms with E-state index in [2.05, 4.69) is 37.0 Å². The zero-order valence-corrected chi connectivity index (χ0v) is 15.8. The minimum absolute atomic E-state index is 0.159. The fourth-order valence-corrected chi connectivity index (χ4v) is 3.81. The average molecular weight is 370 g/mol. The lowest BCUT2D eigenvalue weighted by Crippen LogP contribution is -2.45. The summed E-state index contributed by atoms with van der Waals surface area (Å²) < 4.78 is 13.7. The van der Waals surface area contributed by atoms with E-state index < -0.39 is 0 Å². The van der Waals surface area contributed by atoms with Crippen molar-refractivity contribution in [1.29, 1.82) is 0 Å². The molecule has 2 saturated heterocycles. The van der Waals surface area contributed by atoms with E-state index in [0.29, 0.717) is 0 Å². The van der Waals surface area contributed by atoms with Crippen LogP contribution in [0.4, 0.5) is 10.3 Å². The van der Waals surface area contributed by atoms with Crippen molar-refractivity contribution in [3.63, 3.8) is 0 Å². The molecule has 2 aliphatic rings. The number of halogens is 1. The first-order chi connectivity index (χ1) is 13.2. The van der Waals surface area contributed by atoms with Crippen molar-refractivity contribution in [3.05, 3.63) is 53.6 Å². The van der Waals surface area contributed by atoms with Crippen molar-refractivity contribution in [2.45, 2.75) is 12.6 Å². The SMILES string of the molecule is CN1CCN(c2ncc(CN3CCNCC3c3cccc(F)c3)cn2)CC1. The number of benzene rings is 1. The molecule has 1 unspecified atom stereocenters. The van der Waals surface area contributed by atoms with Gasteiger partial charge in [0.15, 0.2) is 0 Å². The van der Waals surface area contributed by atoms with Gasteiger partial charge < -0.3 is 15.1 Å². The van der Waals surface area contributed by atoms with Crippen molar-refractivity contribution < 1.29 is 4.39 Å². The summed E-state index contributed by atoms with van der Waals surface area (Å²) in [6, 6.07) is 7.07. The highest BCUT2D eigenvalue weighted by molar-refractivity contribution is 5.31. The van der Waals surface area contributed by atoms with Gasteiger partial charge in [-0.3, -0.25) is 4.90 Å². The minimum atomic E-state index is -0.183. The Hall–Kier alpha value is -2.09. The zero-order chi connectivity index (χ0) is 18.6. The number of aromatic nitrogens is 2. The molecule has 0 spiro atoms. The number of anilines is 1. The lowest BCUT2D eigenvalue weighted by molar-refractivity contribution is 0.153. The van der Waals surface area contributed by atoms with E-state index in [0.717, 1.165) is 69.4 Å². The average Bonchev–Trinajstić information content (AvgIpc) is 2.70. The quantitative estimate of drug-likeness (QED) is 0.881. The summed E-state index contributed by atoms with van der Waals surface area (Å²) in [5, 5.41) is 3.42. The molecule has 0 saturated carbocycles. The number of hydrogen-bond acceptors (Lipinski definition) is 6. The number of nitrogens with zero attached hydrogens (tertiary/aromatic N) is 5. The van der Waals surface area contributed by atoms with E-state index in [9.17, 15) is 4.39 Å². The van der Waals surface area contributed by atoms with Crippen molar-refractivity contribution in [3.8, 4) is 0 Å². The highest BCUT2D eigenvalue weighted by Gasteiger charge is 2.24. The van der Waals surface area contributed by atoms with E-state index in [-0.39, 0.29) is 11.9 Å². The second kappa shape index (κ2) is 8.29. The normalized spacial score (nSPS) is 22.1. The maximum Gasteiger partial charge on any atom is 0.225 e. The summed E-state index contributed by atoms with van der Waals surface area (Å²) in [5.41, 5.74) is 2.10. The fraction of sp³-hybridized carbons (Fsp3) is 0.500. The fourth-order valence-electron chi connectivity index (χ4n) is 3.81. The molecular weight excluding hydrogens is 343 g/mol. The molecule has 6 nitrogen and oxygen atoms in total. The summed E-state index contributed by atoms with van der Waals surface area (Å²) in [7, 11) is 2.14. The largest absolute Gasteiger partial charge is 0.338 e. The van der Waals surface area contributed by atoms with E-state index >= 15 is 0 Å². The van der Waals surface area contributed by atoms with Crippen LogP contribution in [0.5, 0.6) is 0 Å². The number of hydrogen-bond donors (Lipinski definition) is 1. The minimum Gasteiger partial charge on any atom is -0.338 e. The summed E-state index contributed by atoms with van der Waals surface area (Å²) >= 11 is 0. The summed E-state index contributed by atoms with van der Waals surface area (Å²) in [6.07, 6.45) is 3.87. The molecule has 2 fully saturated rings. The summed E-state index contributed by atoms with van der Waals surface area (Å²) in [4.78, 5) is 16.1. The highest BCUT2D eigenvalue weighted by Crippen LogP contribution is 2.24. The van der Waals surface area contributed by atoms with E-state index in [1.807, 2.05) is 18.5 Å². The maximum absolute atomic E-state index is 13.7. The van der Waals surface area contributed by atoms with Crippen LogP contribution in [0, 0.1) is 5.82 Å². The Morgan fingerprint density at radius 1 is 1.11 bits per heavy atom. The molecule has 144 valence electrons. The van der Waals surface area contributed by atoms with Crippen LogP contribution in [-0.4, -0.2) is 72.6 Å². The van der Waals surface area contributed by atoms with Gasteiger partial charge in [-0.1, -0.05) is 12.1 Å². The third-order valence-corrected chi connectivity index (χ3v) is 5.45. The highest BCUT2D eigenvalue weighted by atomic mass is 19.1. The first kappa shape index (κ1) is 18.3. The van der Waals surface area contributed by atoms with Crippen molar-refractivity contribution in [1.82, 2.24) is 25.1 Å². The predicted octanol–water partition coefficient (Wildman–Crippen LogP) is 1.51. The van der Waals surface area contributed by atoms with Gasteiger partial charge in [-0.25, -0.2) is 14.4 Å². The van der Waals surface area contributed by atoms with E-state index in [1.165, 1.54) is 6.07 Å². The van der Waals surface area contributed by atoms with Crippen LogP contribution < -0.4 is 10.2 Å². The molecule has 0 radical (unpaired) electrons. The lowest BCUT2D eigenvalue weighted by Gasteiger charge is -2.36. The monoisotopic (exact) mass is 370 g/mol. The van der Waals surface area contributed by atoms with Crippen LogP contribution in [0.3, 0.4) is 0 Å². The Kier molecular flexibility index (Phi) is 5.61. The molecule has 27 heavy (non-hydrogen) atoms. The molecule has 0 aliphatic carbocycles. The molecule has 7 heteroatoms. The number of likely N-dealkylation sites (N-methyl/N-ethyl adjacent to an activating group) is 1. The Balaban J connectivity index is 1.44. The molecule has 3 heterocycles. The van der Waals surface area contributed by atoms with Crippen LogP contribution in [0.25, 0.3) is 0 Å². The van der Waals surface area contributed by atoms with Gasteiger partial charge >= 0.3 is 0 Å². The molecule has 2 aromatic rings. The van der Waals surface area contributed by atoms with Crippen LogP contribution >= 0.6 is 0 Å². The number of nitrogens with one attached hydrogen (secondary N) is 1. The Morgan fingerprint density at radius 3 is 2.63 bits per heavy atom. The summed E-state index contributed by atoms with van der Waals surface area (Å²) in [5.74, 6) is 0.631. The molecule has 4 rings (SSSR count). The van der Waals surface area contributed by atoms with E-state index in [1.54, 1.807) is 12.1 Å². The predicted molar refractivity (Wildman–Crippen MR) is 104 cm³/mol. The molecule has 2 aliphatic heterocycles. The van der Waals surface area contributed by atoms with Gasteiger partial charge in [0.05, 0.1) is 0 Å². The standard InChI is InChI=1S/C20H27FN6/c1-25-7-9-26(10-8-25)20-23-12-16(13-24-20)15-27-6-5-22-14-19(27)17-3-2-4-18(21)11-17/h2-4,11-13,19,22H,5-10,14-15H2,1H3. The Morgan fingerprint density at radius 2 is 1.89 bits per heavy atom. The van der Waals surface area contributed by atoms with Crippen molar-refractivity contribution in [2.24, 2.45) is 0 Å². The molecular formula is C20H27FN6. The third kappa shape index (κ3) is 4.43. The topological polar surface area (TPSA) is 47.5 Å². The Labute approximate surface area is 160 Å². The number of piperazine rings is 2. The van der Waals surface area contributed by atoms with E-state index in [4.69, 9.17) is 0 Å². The molecule has 1 atom stereocenters. The van der Waals surface area contributed by atoms with Crippen molar-refractivity contribution in [2.75, 3.05) is 57.8 Å². The second-order valence-electron chi connectivity index (χ2n) is 7.43. The van der Waals surface area contributed by atoms with Gasteiger partial charge in [-0.05, 0) is 24.7 Å². The number of rotatable bonds is 4. The van der Waals surface area contributed by atoms with Gasteiger partial charge in [0.25, 0.3) is 0 Å². The first-order valence-corrected chi connectivity index (χ1v) is 9.64. The van der Waals surface area contributed by atoms with Gasteiger partial charge in [-0.2, -0.15) is 0 Å². The van der Waals surface area contributed by atoms with Gasteiger partial charge in [0.2, 0.25) is 5.95 Å². The zero-order valence-electron chi connectivity index (χ0n) is 15.8. The first-order valence-electron chi connectivity index (χ1n) is 9.64. The molecule has 1 aromatic heterocycles. The molecule has 0 amide bonds. The lowest BCUT2D eigenvalue weighted by atomic mass is 10.0. The summed E-state index contributed by atoms with van der Waals surface area (Å²) in [6.45, 7) is 7.47. The molecule has 0 bridgehead atoms. The van der Waals surface area contributed by atoms with Crippen LogP contribution in [0.1, 0.15) is 17.2 Å². The smallest absolute Gasteiger partial charge is 0.225 e. The van der Waals surface area contributed by atoms with Gasteiger partial charge in [0.1, 0.15) is 5.82 Å². The maximum atomic E-state index is 13.7. The van der Waals surface area contributed by atoms with Gasteiger partial charge in [0, 0.05) is 76.4 Å².